The third-order valence-electron chi connectivity index (χ3n) is 3.42. The van der Waals surface area contributed by atoms with E-state index in [9.17, 15) is 9.59 Å². The number of carboxylic acid groups (broad SMARTS) is 1. The Bertz CT molecular complexity index is 302. The van der Waals surface area contributed by atoms with Crippen molar-refractivity contribution in [2.45, 2.75) is 38.3 Å². The van der Waals surface area contributed by atoms with Crippen LogP contribution in [0.15, 0.2) is 0 Å². The Balaban J connectivity index is 1.82. The van der Waals surface area contributed by atoms with Crippen molar-refractivity contribution in [3.63, 3.8) is 0 Å². The maximum absolute atomic E-state index is 11.8. The molecule has 2 N–H and O–H groups in total. The van der Waals surface area contributed by atoms with Gasteiger partial charge in [-0.05, 0) is 32.7 Å². The van der Waals surface area contributed by atoms with Crippen LogP contribution in [0.2, 0.25) is 0 Å². The van der Waals surface area contributed by atoms with Gasteiger partial charge in [0, 0.05) is 12.6 Å². The topological polar surface area (TPSA) is 69.6 Å². The Labute approximate surface area is 94.8 Å². The van der Waals surface area contributed by atoms with E-state index >= 15 is 0 Å². The molecule has 1 heterocycles. The van der Waals surface area contributed by atoms with Crippen molar-refractivity contribution >= 4 is 11.9 Å². The summed E-state index contributed by atoms with van der Waals surface area (Å²) in [6, 6.07) is 0.165. The average molecular weight is 226 g/mol. The van der Waals surface area contributed by atoms with Crippen molar-refractivity contribution in [1.82, 2.24) is 10.2 Å². The summed E-state index contributed by atoms with van der Waals surface area (Å²) in [5.41, 5.74) is 0. The Morgan fingerprint density at radius 1 is 1.38 bits per heavy atom. The highest BCUT2D eigenvalue weighted by Gasteiger charge is 2.34. The van der Waals surface area contributed by atoms with Gasteiger partial charge in [-0.1, -0.05) is 0 Å². The molecule has 2 aliphatic rings. The number of carboxylic acids is 1. The minimum Gasteiger partial charge on any atom is -0.481 e. The fraction of sp³-hybridized carbons (Fsp3) is 0.818. The summed E-state index contributed by atoms with van der Waals surface area (Å²) in [6.07, 6.45) is 2.81. The van der Waals surface area contributed by atoms with Crippen LogP contribution in [-0.4, -0.2) is 47.1 Å². The number of carbonyl (C=O) groups excluding carboxylic acids is 1. The van der Waals surface area contributed by atoms with Gasteiger partial charge in [0.25, 0.3) is 0 Å². The van der Waals surface area contributed by atoms with Crippen LogP contribution in [0.25, 0.3) is 0 Å². The molecule has 5 heteroatoms. The van der Waals surface area contributed by atoms with E-state index in [1.54, 1.807) is 0 Å². The maximum atomic E-state index is 11.8. The SMILES string of the molecule is CC(C(=O)NC1CC1)N1CCC(C(=O)O)C1. The van der Waals surface area contributed by atoms with Crippen LogP contribution in [0, 0.1) is 5.92 Å². The Morgan fingerprint density at radius 2 is 2.06 bits per heavy atom. The fourth-order valence-corrected chi connectivity index (χ4v) is 2.06. The lowest BCUT2D eigenvalue weighted by Gasteiger charge is -2.22. The number of amides is 1. The molecule has 1 amide bonds. The van der Waals surface area contributed by atoms with Gasteiger partial charge in [0.05, 0.1) is 12.0 Å². The lowest BCUT2D eigenvalue weighted by atomic mass is 10.1. The number of hydrogen-bond acceptors (Lipinski definition) is 3. The van der Waals surface area contributed by atoms with Gasteiger partial charge < -0.3 is 10.4 Å². The van der Waals surface area contributed by atoms with E-state index in [4.69, 9.17) is 5.11 Å². The molecule has 1 saturated heterocycles. The minimum absolute atomic E-state index is 0.0357. The van der Waals surface area contributed by atoms with Gasteiger partial charge in [0.2, 0.25) is 5.91 Å². The van der Waals surface area contributed by atoms with Gasteiger partial charge in [0.1, 0.15) is 0 Å². The first-order valence-electron chi connectivity index (χ1n) is 5.85. The Kier molecular flexibility index (Phi) is 3.14. The van der Waals surface area contributed by atoms with Crippen molar-refractivity contribution < 1.29 is 14.7 Å². The molecule has 5 nitrogen and oxygen atoms in total. The van der Waals surface area contributed by atoms with Crippen molar-refractivity contribution in [3.8, 4) is 0 Å². The van der Waals surface area contributed by atoms with Gasteiger partial charge in [-0.15, -0.1) is 0 Å². The molecule has 2 unspecified atom stereocenters. The zero-order valence-electron chi connectivity index (χ0n) is 9.48. The number of nitrogens with zero attached hydrogens (tertiary/aromatic N) is 1. The largest absolute Gasteiger partial charge is 0.481 e. The number of carbonyl (C=O) groups is 2. The summed E-state index contributed by atoms with van der Waals surface area (Å²) in [7, 11) is 0. The van der Waals surface area contributed by atoms with Crippen LogP contribution < -0.4 is 5.32 Å². The monoisotopic (exact) mass is 226 g/mol. The van der Waals surface area contributed by atoms with Crippen LogP contribution in [-0.2, 0) is 9.59 Å². The van der Waals surface area contributed by atoms with Crippen LogP contribution in [0.4, 0.5) is 0 Å². The molecular formula is C11H18N2O3. The van der Waals surface area contributed by atoms with E-state index in [-0.39, 0.29) is 17.9 Å². The zero-order chi connectivity index (χ0) is 11.7. The van der Waals surface area contributed by atoms with Crippen molar-refractivity contribution in [3.05, 3.63) is 0 Å². The number of aliphatic carboxylic acids is 1. The summed E-state index contributed by atoms with van der Waals surface area (Å²) < 4.78 is 0. The highest BCUT2D eigenvalue weighted by atomic mass is 16.4. The number of rotatable bonds is 4. The lowest BCUT2D eigenvalue weighted by molar-refractivity contribution is -0.141. The molecule has 2 fully saturated rings. The molecule has 2 atom stereocenters. The van der Waals surface area contributed by atoms with Crippen molar-refractivity contribution in [2.75, 3.05) is 13.1 Å². The summed E-state index contributed by atoms with van der Waals surface area (Å²) >= 11 is 0. The highest BCUT2D eigenvalue weighted by Crippen LogP contribution is 2.21. The summed E-state index contributed by atoms with van der Waals surface area (Å²) in [5, 5.41) is 11.8. The van der Waals surface area contributed by atoms with E-state index in [1.165, 1.54) is 0 Å². The molecule has 0 aromatic carbocycles. The first kappa shape index (κ1) is 11.4. The van der Waals surface area contributed by atoms with Crippen molar-refractivity contribution in [2.24, 2.45) is 5.92 Å². The second-order valence-electron chi connectivity index (χ2n) is 4.78. The smallest absolute Gasteiger partial charge is 0.307 e. The third-order valence-corrected chi connectivity index (χ3v) is 3.42. The number of nitrogens with one attached hydrogen (secondary N) is 1. The molecule has 0 bridgehead atoms. The molecule has 2 rings (SSSR count). The fourth-order valence-electron chi connectivity index (χ4n) is 2.06. The van der Waals surface area contributed by atoms with Gasteiger partial charge in [-0.3, -0.25) is 14.5 Å². The standard InChI is InChI=1S/C11H18N2O3/c1-7(10(14)12-9-2-3-9)13-5-4-8(6-13)11(15)16/h7-9H,2-6H2,1H3,(H,12,14)(H,15,16). The molecular weight excluding hydrogens is 208 g/mol. The predicted octanol–water partition coefficient (Wildman–Crippen LogP) is 0.0600. The quantitative estimate of drug-likeness (QED) is 0.711. The summed E-state index contributed by atoms with van der Waals surface area (Å²) in [5.74, 6) is -1.03. The lowest BCUT2D eigenvalue weighted by Crippen LogP contribution is -2.45. The molecule has 0 aromatic heterocycles. The Hall–Kier alpha value is -1.10. The highest BCUT2D eigenvalue weighted by molar-refractivity contribution is 5.82. The maximum Gasteiger partial charge on any atom is 0.307 e. The minimum atomic E-state index is -0.752. The molecule has 0 radical (unpaired) electrons. The van der Waals surface area contributed by atoms with E-state index in [1.807, 2.05) is 11.8 Å². The first-order valence-corrected chi connectivity index (χ1v) is 5.85. The van der Waals surface area contributed by atoms with Gasteiger partial charge in [-0.2, -0.15) is 0 Å². The van der Waals surface area contributed by atoms with E-state index < -0.39 is 5.97 Å². The second kappa shape index (κ2) is 4.41. The molecule has 1 saturated carbocycles. The van der Waals surface area contributed by atoms with E-state index in [0.717, 1.165) is 12.8 Å². The van der Waals surface area contributed by atoms with Gasteiger partial charge in [0.15, 0.2) is 0 Å². The molecule has 16 heavy (non-hydrogen) atoms. The Morgan fingerprint density at radius 3 is 2.56 bits per heavy atom. The molecule has 0 spiro atoms. The zero-order valence-corrected chi connectivity index (χ0v) is 9.48. The molecule has 1 aliphatic carbocycles. The normalized spacial score (nSPS) is 27.7. The van der Waals surface area contributed by atoms with Gasteiger partial charge >= 0.3 is 5.97 Å². The van der Waals surface area contributed by atoms with Crippen LogP contribution in [0.5, 0.6) is 0 Å². The number of likely N-dealkylation sites (tertiary alicyclic amines) is 1. The third kappa shape index (κ3) is 2.52. The first-order chi connectivity index (χ1) is 7.58. The van der Waals surface area contributed by atoms with Crippen LogP contribution in [0.3, 0.4) is 0 Å². The van der Waals surface area contributed by atoms with E-state index in [0.29, 0.717) is 25.6 Å². The van der Waals surface area contributed by atoms with Crippen molar-refractivity contribution in [1.29, 1.82) is 0 Å². The number of hydrogen-bond donors (Lipinski definition) is 2. The van der Waals surface area contributed by atoms with E-state index in [2.05, 4.69) is 5.32 Å². The second-order valence-corrected chi connectivity index (χ2v) is 4.78. The predicted molar refractivity (Wildman–Crippen MR) is 57.9 cm³/mol. The summed E-state index contributed by atoms with van der Waals surface area (Å²) in [4.78, 5) is 24.5. The van der Waals surface area contributed by atoms with Crippen LogP contribution >= 0.6 is 0 Å². The molecule has 1 aliphatic heterocycles. The summed E-state index contributed by atoms with van der Waals surface area (Å²) in [6.45, 7) is 3.05. The van der Waals surface area contributed by atoms with Gasteiger partial charge in [-0.25, -0.2) is 0 Å². The molecule has 90 valence electrons. The average Bonchev–Trinajstić information content (AvgIpc) is 2.91. The van der Waals surface area contributed by atoms with Crippen LogP contribution in [0.1, 0.15) is 26.2 Å². The molecule has 0 aromatic rings.